The predicted molar refractivity (Wildman–Crippen MR) is 712 cm³/mol. The van der Waals surface area contributed by atoms with Gasteiger partial charge in [-0.2, -0.15) is 0 Å². The zero-order chi connectivity index (χ0) is 110. The molecule has 0 amide bonds. The van der Waals surface area contributed by atoms with Gasteiger partial charge in [0.2, 0.25) is 0 Å². The van der Waals surface area contributed by atoms with Crippen LogP contribution in [-0.4, -0.2) is 440 Å². The summed E-state index contributed by atoms with van der Waals surface area (Å²) in [5.74, 6) is 3.33. The highest BCUT2D eigenvalue weighted by atomic mass is 15.4. The number of anilines is 2. The number of hydrogen-bond donors (Lipinski definition) is 0. The van der Waals surface area contributed by atoms with Gasteiger partial charge in [-0.3, -0.25) is 0 Å². The van der Waals surface area contributed by atoms with E-state index in [0.717, 1.165) is 6.42 Å². The van der Waals surface area contributed by atoms with Crippen LogP contribution >= 0.6 is 0 Å². The van der Waals surface area contributed by atoms with Crippen LogP contribution in [0.5, 0.6) is 0 Å². The van der Waals surface area contributed by atoms with E-state index in [1.165, 1.54) is 89.4 Å². The maximum atomic E-state index is 6.30. The van der Waals surface area contributed by atoms with Gasteiger partial charge < -0.3 is 9.71 Å². The van der Waals surface area contributed by atoms with Crippen molar-refractivity contribution >= 4 is 466 Å². The molecule has 4 aromatic carbocycles. The van der Waals surface area contributed by atoms with Gasteiger partial charge in [-0.25, -0.2) is 22.8 Å². The van der Waals surface area contributed by atoms with E-state index < -0.39 is 109 Å². The molecule has 67 heteroatoms. The van der Waals surface area contributed by atoms with Gasteiger partial charge in [0.1, 0.15) is 63.2 Å². The van der Waals surface area contributed by atoms with Crippen molar-refractivity contribution in [1.29, 1.82) is 0 Å². The van der Waals surface area contributed by atoms with Crippen LogP contribution in [0, 0.1) is 19.8 Å². The molecular formula is C81H100B60N7+5. The molecular weight excluding hydrogens is 1720 g/mol. The van der Waals surface area contributed by atoms with E-state index in [1.54, 1.807) is 0 Å². The van der Waals surface area contributed by atoms with Gasteiger partial charge in [0.05, 0.1) is 11.9 Å². The molecule has 0 aliphatic carbocycles. The van der Waals surface area contributed by atoms with Crippen LogP contribution in [0.4, 0.5) is 11.4 Å². The van der Waals surface area contributed by atoms with Crippen LogP contribution in [0.1, 0.15) is 79.0 Å². The van der Waals surface area contributed by atoms with Crippen LogP contribution in [0.15, 0.2) is 201 Å². The molecule has 9 aromatic rings. The predicted octanol–water partition coefficient (Wildman–Crippen LogP) is -8.72. The molecule has 13 atom stereocenters. The fraction of sp³-hybridized carbons (Fsp3) is 0.395. The third kappa shape index (κ3) is 29.2. The molecule has 148 heavy (non-hydrogen) atoms. The molecule has 12 heterocycles. The number of hydrogen-bond acceptors (Lipinski definition) is 2. The maximum Gasteiger partial charge on any atom is 0.256 e. The lowest BCUT2D eigenvalue weighted by Gasteiger charge is -2.31. The zero-order valence-electron chi connectivity index (χ0n) is 90.6. The minimum absolute atomic E-state index is 0.0739. The lowest BCUT2D eigenvalue weighted by atomic mass is 8.62. The van der Waals surface area contributed by atoms with Crippen molar-refractivity contribution < 1.29 is 22.8 Å². The minimum Gasteiger partial charge on any atom is -0.395 e. The molecule has 5 aromatic heterocycles. The molecule has 0 spiro atoms. The van der Waals surface area contributed by atoms with Crippen molar-refractivity contribution in [3.05, 3.63) is 218 Å². The van der Waals surface area contributed by atoms with E-state index in [9.17, 15) is 0 Å². The van der Waals surface area contributed by atoms with E-state index in [2.05, 4.69) is 302 Å². The number of pyridine rings is 5. The highest BCUT2D eigenvalue weighted by Gasteiger charge is 2.67. The normalized spacial score (nSPS) is 19.7. The second kappa shape index (κ2) is 54.1. The summed E-state index contributed by atoms with van der Waals surface area (Å²) < 4.78 is 10.9. The number of aromatic nitrogens is 5. The molecule has 6 fully saturated rings. The molecule has 60 radical (unpaired) electrons. The number of aryl methyl sites for hydroxylation is 7. The molecule has 6 saturated heterocycles. The lowest BCUT2D eigenvalue weighted by Crippen LogP contribution is -2.61. The molecule has 12 unspecified atom stereocenters. The number of nitrogens with zero attached hydrogens (tertiary/aromatic N) is 7. The van der Waals surface area contributed by atoms with Crippen LogP contribution in [0.3, 0.4) is 0 Å². The Morgan fingerprint density at radius 2 is 0.561 bits per heavy atom. The molecule has 16 rings (SSSR count). The summed E-state index contributed by atoms with van der Waals surface area (Å²) in [4.78, 5) is 4.76. The third-order valence-electron chi connectivity index (χ3n) is 34.4. The summed E-state index contributed by atoms with van der Waals surface area (Å²) in [6.45, 7) is 25.8. The SMILES string of the molecule is [B]B([B])B([B])B(B([B])[B])C1B(N2c3ccccc3N(C)[C@@H]2C)C1C.[B]B([B])B([B])B(B([B])[B])C1B(c2cc(-c3ccc(CC(C)C)cc3)cc[n+]2C)C1C.[B]B([B])B([B])B(B([B])[B])C1B(c2cc(-c3ccccc3)cc[n+]2C)C1C.[B]B([B])B([B])B(B([B])[B])C1B(c2cc(C)c(C)c[n+]2C)C1C.[B]B([B])B([B])B(B([B])[B])C1B(c2ccc(-c3ccccc3)c[n+]2C)C1C.[B]B([B])B([B])B(B([B])[B])C1B(c2cccc[n+]2C)C1C. The van der Waals surface area contributed by atoms with E-state index in [-0.39, 0.29) is 74.4 Å². The van der Waals surface area contributed by atoms with E-state index in [4.69, 9.17) is 232 Å². The van der Waals surface area contributed by atoms with Crippen molar-refractivity contribution in [2.75, 3.05) is 16.8 Å². The van der Waals surface area contributed by atoms with Crippen LogP contribution < -0.4 is 60.5 Å². The average Bonchev–Trinajstić information content (AvgIpc) is 1.44. The molecule has 7 nitrogen and oxygen atoms in total. The fourth-order valence-electron chi connectivity index (χ4n) is 25.4. The minimum atomic E-state index is -0.637. The highest BCUT2D eigenvalue weighted by Crippen LogP contribution is 2.59. The summed E-state index contributed by atoms with van der Waals surface area (Å²) in [5.41, 5.74) is 21.8. The largest absolute Gasteiger partial charge is 0.395 e. The number of benzene rings is 4. The van der Waals surface area contributed by atoms with Crippen LogP contribution in [0.2, 0.25) is 69.2 Å². The van der Waals surface area contributed by atoms with Crippen LogP contribution in [0.25, 0.3) is 33.4 Å². The van der Waals surface area contributed by atoms with Gasteiger partial charge in [0, 0.05) is 440 Å². The van der Waals surface area contributed by atoms with Crippen molar-refractivity contribution in [3.8, 4) is 33.4 Å². The average molecular weight is 1820 g/mol. The molecule has 7 aliphatic rings. The van der Waals surface area contributed by atoms with Gasteiger partial charge in [-0.15, -0.1) is 0 Å². The summed E-state index contributed by atoms with van der Waals surface area (Å²) >= 11 is 0. The summed E-state index contributed by atoms with van der Waals surface area (Å²) in [6.07, 6.45) is 2.61. The van der Waals surface area contributed by atoms with Gasteiger partial charge in [0.25, 0.3) is 40.4 Å². The second-order valence-electron chi connectivity index (χ2n) is 45.0. The monoisotopic (exact) mass is 1830 g/mol. The third-order valence-corrected chi connectivity index (χ3v) is 34.4. The van der Waals surface area contributed by atoms with Crippen molar-refractivity contribution in [2.45, 2.75) is 158 Å². The highest BCUT2D eigenvalue weighted by molar-refractivity contribution is 7.97. The van der Waals surface area contributed by atoms with Gasteiger partial charge in [0.15, 0.2) is 31.0 Å². The standard InChI is InChI=1S/C19H24B10N.2C15H16B10N.C12H16B10N2.C11H16B10N.C9H12B10N/c1-13(2)11-15-5-7-16(8-6-15)17-9-10-30(4)18(12-17)25-14(3)19(25)26(27(20)21)29(24)28(22)23;1-11-15(22(23(16)17)25(20)24(18)19)21(11)14-10-13(8-9-26(14)2)12-6-4-3-5-7-12;1-11-15(22(23(16)17)25(20)24(18)19)21(11)14-9-8-13(10-26(14)2)12-6-4-3-5-7-12;1-8-12(19(20(13)14)22(17)21(15)16)18(8)24-9(2)23(3)10-6-4-5-7-11(10)24;1-7-5-10(22(4)6-8(7)2)17-9(3)11(17)18(19(12)13)21(16)20(14)15;1-7-9(16(17(10)11)19(14)18(12)13)15(7)8-5-3-4-6-20(8)2/h5-10,12-14,19H,11H2,1-4H3;2*3-11,15H,1-2H3;4-9,12H,1-3H3;5-6,9,11H,1-4H3;3-7,9H,1-2H3/q3*+1;;2*+1/t;;;8?,9-,12?;;/m...0../s1. The summed E-state index contributed by atoms with van der Waals surface area (Å²) in [7, 11) is 192. The van der Waals surface area contributed by atoms with Crippen molar-refractivity contribution in [2.24, 2.45) is 41.2 Å². The Kier molecular flexibility index (Phi) is 45.5. The van der Waals surface area contributed by atoms with Gasteiger partial charge in [-0.1, -0.05) is 228 Å². The maximum absolute atomic E-state index is 6.30. The molecule has 0 saturated carbocycles. The number of fused-ring (bicyclic) bond motifs is 1. The number of para-hydroxylation sites is 2. The number of rotatable bonds is 35. The van der Waals surface area contributed by atoms with E-state index >= 15 is 0 Å². The van der Waals surface area contributed by atoms with Crippen LogP contribution in [-0.2, 0) is 41.7 Å². The zero-order valence-corrected chi connectivity index (χ0v) is 90.6. The summed E-state index contributed by atoms with van der Waals surface area (Å²) in [6, 6.07) is 59.7. The van der Waals surface area contributed by atoms with E-state index in [1.807, 2.05) is 49.6 Å². The quantitative estimate of drug-likeness (QED) is 0.0292. The first-order chi connectivity index (χ1) is 69.5. The van der Waals surface area contributed by atoms with Crippen molar-refractivity contribution in [3.63, 3.8) is 0 Å². The Morgan fingerprint density at radius 3 is 0.899 bits per heavy atom. The first kappa shape index (κ1) is 124. The van der Waals surface area contributed by atoms with Gasteiger partial charge >= 0.3 is 0 Å². The molecule has 0 N–H and O–H groups in total. The molecule has 7 aliphatic heterocycles. The Hall–Kier alpha value is -3.87. The Bertz CT molecular complexity index is 5750. The second-order valence-corrected chi connectivity index (χ2v) is 45.0. The lowest BCUT2D eigenvalue weighted by molar-refractivity contribution is -0.654. The Balaban J connectivity index is 0.000000169. The Labute approximate surface area is 947 Å². The smallest absolute Gasteiger partial charge is 0.256 e. The topological polar surface area (TPSA) is 25.9 Å². The Morgan fingerprint density at radius 1 is 0.270 bits per heavy atom. The summed E-state index contributed by atoms with van der Waals surface area (Å²) in [5, 5.41) is 0. The molecule has 634 valence electrons. The molecule has 0 bridgehead atoms. The first-order valence-corrected chi connectivity index (χ1v) is 52.9. The first-order valence-electron chi connectivity index (χ1n) is 52.9. The van der Waals surface area contributed by atoms with Crippen molar-refractivity contribution in [1.82, 2.24) is 0 Å². The van der Waals surface area contributed by atoms with Gasteiger partial charge in [-0.05, 0) is 108 Å². The van der Waals surface area contributed by atoms with E-state index in [0.29, 0.717) is 92.7 Å². The fourth-order valence-corrected chi connectivity index (χ4v) is 25.4.